The van der Waals surface area contributed by atoms with E-state index >= 15 is 0 Å². The average molecular weight is 312 g/mol. The zero-order valence-electron chi connectivity index (χ0n) is 13.1. The zero-order chi connectivity index (χ0) is 15.8. The van der Waals surface area contributed by atoms with Crippen LogP contribution in [0.15, 0.2) is 23.2 Å². The Bertz CT molecular complexity index is 590. The van der Waals surface area contributed by atoms with Crippen molar-refractivity contribution in [3.8, 4) is 0 Å². The molecule has 1 N–H and O–H groups in total. The van der Waals surface area contributed by atoms with E-state index in [0.717, 1.165) is 5.69 Å². The molecule has 1 fully saturated rings. The molecule has 118 valence electrons. The Balaban J connectivity index is 2.19. The van der Waals surface area contributed by atoms with Crippen LogP contribution in [0, 0.1) is 18.3 Å². The second kappa shape index (κ2) is 5.66. The maximum Gasteiger partial charge on any atom is 0.244 e. The van der Waals surface area contributed by atoms with Crippen LogP contribution in [0.1, 0.15) is 32.9 Å². The molecule has 2 atom stereocenters. The number of rotatable bonds is 2. The van der Waals surface area contributed by atoms with Crippen LogP contribution in [0.3, 0.4) is 0 Å². The molecule has 1 aliphatic heterocycles. The summed E-state index contributed by atoms with van der Waals surface area (Å²) in [6.45, 7) is 8.64. The van der Waals surface area contributed by atoms with Crippen LogP contribution in [-0.2, 0) is 10.0 Å². The van der Waals surface area contributed by atoms with E-state index in [-0.39, 0.29) is 22.8 Å². The highest BCUT2D eigenvalue weighted by molar-refractivity contribution is 7.89. The second-order valence-corrected chi connectivity index (χ2v) is 8.76. The van der Waals surface area contributed by atoms with Gasteiger partial charge in [0.25, 0.3) is 0 Å². The van der Waals surface area contributed by atoms with Gasteiger partial charge in [-0.1, -0.05) is 20.8 Å². The molecule has 0 radical (unpaired) electrons. The largest absolute Gasteiger partial charge is 0.391 e. The third-order valence-electron chi connectivity index (χ3n) is 4.18. The lowest BCUT2D eigenvalue weighted by atomic mass is 9.74. The molecule has 0 saturated carbocycles. The molecule has 6 heteroatoms. The van der Waals surface area contributed by atoms with Gasteiger partial charge in [0.05, 0.1) is 6.10 Å². The Morgan fingerprint density at radius 2 is 2.00 bits per heavy atom. The van der Waals surface area contributed by atoms with E-state index in [2.05, 4.69) is 25.8 Å². The molecule has 0 bridgehead atoms. The van der Waals surface area contributed by atoms with Crippen molar-refractivity contribution < 1.29 is 13.5 Å². The number of nitrogens with zero attached hydrogens (tertiary/aromatic N) is 2. The minimum Gasteiger partial charge on any atom is -0.391 e. The van der Waals surface area contributed by atoms with Gasteiger partial charge >= 0.3 is 0 Å². The van der Waals surface area contributed by atoms with E-state index in [1.807, 2.05) is 6.92 Å². The molecule has 2 rings (SSSR count). The summed E-state index contributed by atoms with van der Waals surface area (Å²) >= 11 is 0. The van der Waals surface area contributed by atoms with Gasteiger partial charge in [0.15, 0.2) is 0 Å². The van der Waals surface area contributed by atoms with Crippen LogP contribution in [0.4, 0.5) is 0 Å². The van der Waals surface area contributed by atoms with Crippen molar-refractivity contribution in [3.63, 3.8) is 0 Å². The van der Waals surface area contributed by atoms with Crippen molar-refractivity contribution >= 4 is 10.0 Å². The van der Waals surface area contributed by atoms with Crippen molar-refractivity contribution in [2.45, 2.75) is 45.1 Å². The lowest BCUT2D eigenvalue weighted by Crippen LogP contribution is -2.49. The Morgan fingerprint density at radius 3 is 2.48 bits per heavy atom. The van der Waals surface area contributed by atoms with E-state index in [0.29, 0.717) is 13.0 Å². The third-order valence-corrected chi connectivity index (χ3v) is 6.03. The molecule has 2 unspecified atom stereocenters. The fourth-order valence-corrected chi connectivity index (χ4v) is 4.31. The van der Waals surface area contributed by atoms with Crippen LogP contribution >= 0.6 is 0 Å². The summed E-state index contributed by atoms with van der Waals surface area (Å²) in [4.78, 5) is 4.23. The molecule has 0 spiro atoms. The molecule has 21 heavy (non-hydrogen) atoms. The van der Waals surface area contributed by atoms with Crippen LogP contribution in [0.2, 0.25) is 0 Å². The molecule has 0 aliphatic carbocycles. The summed E-state index contributed by atoms with van der Waals surface area (Å²) in [6, 6.07) is 3.26. The first kappa shape index (κ1) is 16.4. The second-order valence-electron chi connectivity index (χ2n) is 6.83. The van der Waals surface area contributed by atoms with E-state index in [9.17, 15) is 13.5 Å². The number of aryl methyl sites for hydroxylation is 1. The average Bonchev–Trinajstić information content (AvgIpc) is 2.37. The number of aliphatic hydroxyl groups is 1. The van der Waals surface area contributed by atoms with Crippen LogP contribution in [0.25, 0.3) is 0 Å². The van der Waals surface area contributed by atoms with Gasteiger partial charge in [-0.05, 0) is 36.8 Å². The normalized spacial score (nSPS) is 25.0. The summed E-state index contributed by atoms with van der Waals surface area (Å²) in [7, 11) is -3.57. The van der Waals surface area contributed by atoms with Gasteiger partial charge in [-0.25, -0.2) is 8.42 Å². The van der Waals surface area contributed by atoms with Crippen molar-refractivity contribution in [1.82, 2.24) is 9.29 Å². The fraction of sp³-hybridized carbons (Fsp3) is 0.667. The van der Waals surface area contributed by atoms with E-state index < -0.39 is 16.1 Å². The highest BCUT2D eigenvalue weighted by Gasteiger charge is 2.39. The standard InChI is InChI=1S/C15H24N2O3S/c1-11-5-6-12(9-16-11)21(19,20)17-8-7-13(14(18)10-17)15(2,3)4/h5-6,9,13-14,18H,7-8,10H2,1-4H3. The molecule has 1 aliphatic rings. The van der Waals surface area contributed by atoms with Crippen molar-refractivity contribution in [3.05, 3.63) is 24.0 Å². The summed E-state index contributed by atoms with van der Waals surface area (Å²) < 4.78 is 26.5. The Labute approximate surface area is 127 Å². The van der Waals surface area contributed by atoms with Gasteiger partial charge < -0.3 is 5.11 Å². The molecule has 1 aromatic rings. The first-order valence-electron chi connectivity index (χ1n) is 7.23. The third kappa shape index (κ3) is 3.44. The van der Waals surface area contributed by atoms with Gasteiger partial charge in [-0.3, -0.25) is 4.98 Å². The lowest BCUT2D eigenvalue weighted by molar-refractivity contribution is -0.00210. The van der Waals surface area contributed by atoms with Crippen LogP contribution < -0.4 is 0 Å². The topological polar surface area (TPSA) is 70.5 Å². The minimum absolute atomic E-state index is 0.0271. The van der Waals surface area contributed by atoms with Gasteiger partial charge in [0.1, 0.15) is 4.90 Å². The fourth-order valence-electron chi connectivity index (χ4n) is 2.89. The zero-order valence-corrected chi connectivity index (χ0v) is 13.9. The predicted octanol–water partition coefficient (Wildman–Crippen LogP) is 1.81. The summed E-state index contributed by atoms with van der Waals surface area (Å²) in [6.07, 6.45) is 1.42. The predicted molar refractivity (Wildman–Crippen MR) is 81.3 cm³/mol. The van der Waals surface area contributed by atoms with Crippen molar-refractivity contribution in [2.24, 2.45) is 11.3 Å². The van der Waals surface area contributed by atoms with Crippen molar-refractivity contribution in [1.29, 1.82) is 0 Å². The quantitative estimate of drug-likeness (QED) is 0.904. The Kier molecular flexibility index (Phi) is 4.42. The maximum atomic E-state index is 12.6. The summed E-state index contributed by atoms with van der Waals surface area (Å²) in [5, 5.41) is 10.3. The molecule has 2 heterocycles. The monoisotopic (exact) mass is 312 g/mol. The molecule has 5 nitrogen and oxygen atoms in total. The van der Waals surface area contributed by atoms with Gasteiger partial charge in [-0.2, -0.15) is 4.31 Å². The van der Waals surface area contributed by atoms with E-state index in [1.54, 1.807) is 12.1 Å². The highest BCUT2D eigenvalue weighted by Crippen LogP contribution is 2.35. The molecule has 0 aromatic carbocycles. The molecule has 1 saturated heterocycles. The van der Waals surface area contributed by atoms with Crippen LogP contribution in [-0.4, -0.2) is 42.0 Å². The number of piperidine rings is 1. The number of hydrogen-bond acceptors (Lipinski definition) is 4. The molecule has 1 aromatic heterocycles. The number of pyridine rings is 1. The van der Waals surface area contributed by atoms with Gasteiger partial charge in [-0.15, -0.1) is 0 Å². The number of hydrogen-bond donors (Lipinski definition) is 1. The van der Waals surface area contributed by atoms with Gasteiger partial charge in [0.2, 0.25) is 10.0 Å². The Morgan fingerprint density at radius 1 is 1.33 bits per heavy atom. The smallest absolute Gasteiger partial charge is 0.244 e. The first-order chi connectivity index (χ1) is 9.62. The van der Waals surface area contributed by atoms with Crippen LogP contribution in [0.5, 0.6) is 0 Å². The molecule has 0 amide bonds. The van der Waals surface area contributed by atoms with Gasteiger partial charge in [0, 0.05) is 25.0 Å². The number of aromatic nitrogens is 1. The number of aliphatic hydroxyl groups excluding tert-OH is 1. The molecular weight excluding hydrogens is 288 g/mol. The summed E-state index contributed by atoms with van der Waals surface area (Å²) in [5.41, 5.74) is 0.751. The SMILES string of the molecule is Cc1ccc(S(=O)(=O)N2CCC(C(C)(C)C)C(O)C2)cn1. The number of sulfonamides is 1. The first-order valence-corrected chi connectivity index (χ1v) is 8.67. The summed E-state index contributed by atoms with van der Waals surface area (Å²) in [5.74, 6) is 0.111. The molecular formula is C15H24N2O3S. The minimum atomic E-state index is -3.57. The maximum absolute atomic E-state index is 12.6. The van der Waals surface area contributed by atoms with E-state index in [1.165, 1.54) is 10.5 Å². The lowest BCUT2D eigenvalue weighted by Gasteiger charge is -2.41. The van der Waals surface area contributed by atoms with E-state index in [4.69, 9.17) is 0 Å². The van der Waals surface area contributed by atoms with Crippen molar-refractivity contribution in [2.75, 3.05) is 13.1 Å². The highest BCUT2D eigenvalue weighted by atomic mass is 32.2. The Hall–Kier alpha value is -0.980. The number of β-amino-alcohol motifs (C(OH)–C–C–N with tert-alkyl or cyclic N) is 1.